The van der Waals surface area contributed by atoms with Crippen LogP contribution in [-0.4, -0.2) is 12.7 Å². The Morgan fingerprint density at radius 1 is 0.692 bits per heavy atom. The van der Waals surface area contributed by atoms with E-state index in [9.17, 15) is 12.8 Å². The molecule has 134 valence electrons. The number of rotatable bonds is 7. The summed E-state index contributed by atoms with van der Waals surface area (Å²) in [4.78, 5) is 0. The summed E-state index contributed by atoms with van der Waals surface area (Å²) in [5.41, 5.74) is -0.339. The molecule has 5 heteroatoms. The van der Waals surface area contributed by atoms with E-state index in [0.29, 0.717) is 0 Å². The Morgan fingerprint density at radius 2 is 1.08 bits per heavy atom. The molecule has 3 aromatic carbocycles. The third kappa shape index (κ3) is 4.36. The molecule has 26 heavy (non-hydrogen) atoms. The van der Waals surface area contributed by atoms with Gasteiger partial charge in [-0.25, -0.2) is 12.8 Å². The number of benzene rings is 3. The lowest BCUT2D eigenvalue weighted by Gasteiger charge is -2.24. The molecular weight excluding hydrogens is 349 g/mol. The molecular formula is C21H20FNO2S. The zero-order valence-electron chi connectivity index (χ0n) is 14.2. The third-order valence-corrected chi connectivity index (χ3v) is 5.86. The molecule has 0 aliphatic heterocycles. The molecule has 0 fully saturated rings. The van der Waals surface area contributed by atoms with Gasteiger partial charge in [0.15, 0.2) is 0 Å². The number of alkyl halides is 1. The molecule has 0 aliphatic carbocycles. The van der Waals surface area contributed by atoms with Crippen LogP contribution in [-0.2, 0) is 23.1 Å². The van der Waals surface area contributed by atoms with Crippen molar-refractivity contribution in [2.45, 2.75) is 18.6 Å². The summed E-state index contributed by atoms with van der Waals surface area (Å²) in [6.07, 6.45) is 0. The van der Waals surface area contributed by atoms with Crippen LogP contribution in [0.5, 0.6) is 0 Å². The van der Waals surface area contributed by atoms with Crippen LogP contribution in [0.15, 0.2) is 91.0 Å². The van der Waals surface area contributed by atoms with Gasteiger partial charge in [0.2, 0.25) is 5.50 Å². The third-order valence-electron chi connectivity index (χ3n) is 4.09. The molecule has 0 amide bonds. The second-order valence-electron chi connectivity index (χ2n) is 6.01. The Balaban J connectivity index is 1.93. The summed E-state index contributed by atoms with van der Waals surface area (Å²) in [6, 6.07) is 26.4. The van der Waals surface area contributed by atoms with Crippen molar-refractivity contribution in [1.29, 1.82) is 0 Å². The summed E-state index contributed by atoms with van der Waals surface area (Å²) >= 11 is 0. The maximum Gasteiger partial charge on any atom is 0.251 e. The molecule has 0 saturated heterocycles. The van der Waals surface area contributed by atoms with Crippen molar-refractivity contribution in [2.75, 3.05) is 0 Å². The van der Waals surface area contributed by atoms with Gasteiger partial charge in [0.25, 0.3) is 10.0 Å². The Morgan fingerprint density at radius 3 is 1.50 bits per heavy atom. The standard InChI is InChI=1S/C21H20FNO2S/c22-21(20-14-8-3-9-15-20)26(24,25)23(16-18-10-4-1-5-11-18)17-19-12-6-2-7-13-19/h1-15,21H,16-17H2. The minimum Gasteiger partial charge on any atom is -0.223 e. The van der Waals surface area contributed by atoms with Crippen molar-refractivity contribution in [3.8, 4) is 0 Å². The van der Waals surface area contributed by atoms with Gasteiger partial charge in [0, 0.05) is 18.7 Å². The molecule has 0 bridgehead atoms. The number of hydrogen-bond donors (Lipinski definition) is 0. The largest absolute Gasteiger partial charge is 0.251 e. The van der Waals surface area contributed by atoms with E-state index in [2.05, 4.69) is 0 Å². The molecule has 0 heterocycles. The Labute approximate surface area is 153 Å². The second kappa shape index (κ2) is 8.25. The number of nitrogens with zero attached hydrogens (tertiary/aromatic N) is 1. The van der Waals surface area contributed by atoms with Crippen LogP contribution < -0.4 is 0 Å². The van der Waals surface area contributed by atoms with Crippen LogP contribution in [0.25, 0.3) is 0 Å². The molecule has 1 unspecified atom stereocenters. The monoisotopic (exact) mass is 369 g/mol. The van der Waals surface area contributed by atoms with Crippen LogP contribution in [0.3, 0.4) is 0 Å². The quantitative estimate of drug-likeness (QED) is 0.606. The van der Waals surface area contributed by atoms with E-state index < -0.39 is 15.5 Å². The van der Waals surface area contributed by atoms with Crippen LogP contribution in [0.4, 0.5) is 4.39 Å². The van der Waals surface area contributed by atoms with Crippen molar-refractivity contribution < 1.29 is 12.8 Å². The highest BCUT2D eigenvalue weighted by atomic mass is 32.2. The van der Waals surface area contributed by atoms with Gasteiger partial charge in [-0.3, -0.25) is 0 Å². The van der Waals surface area contributed by atoms with Crippen LogP contribution in [0.1, 0.15) is 22.2 Å². The van der Waals surface area contributed by atoms with E-state index in [4.69, 9.17) is 0 Å². The average molecular weight is 369 g/mol. The first-order valence-electron chi connectivity index (χ1n) is 8.33. The van der Waals surface area contributed by atoms with Crippen molar-refractivity contribution in [2.24, 2.45) is 0 Å². The lowest BCUT2D eigenvalue weighted by molar-refractivity contribution is 0.351. The molecule has 0 saturated carbocycles. The summed E-state index contributed by atoms with van der Waals surface area (Å²) in [5, 5.41) is 0. The fourth-order valence-corrected chi connectivity index (χ4v) is 4.14. The van der Waals surface area contributed by atoms with E-state index in [1.54, 1.807) is 18.2 Å². The molecule has 0 N–H and O–H groups in total. The van der Waals surface area contributed by atoms with Gasteiger partial charge in [0.1, 0.15) is 0 Å². The van der Waals surface area contributed by atoms with Crippen LogP contribution in [0, 0.1) is 0 Å². The summed E-state index contributed by atoms with van der Waals surface area (Å²) in [6.45, 7) is 0.233. The minimum absolute atomic E-state index is 0.116. The Kier molecular flexibility index (Phi) is 5.81. The van der Waals surface area contributed by atoms with Gasteiger partial charge in [-0.15, -0.1) is 0 Å². The summed E-state index contributed by atoms with van der Waals surface area (Å²) in [7, 11) is -4.18. The molecule has 3 aromatic rings. The van der Waals surface area contributed by atoms with E-state index >= 15 is 0 Å². The summed E-state index contributed by atoms with van der Waals surface area (Å²) in [5.74, 6) is 0. The first-order valence-corrected chi connectivity index (χ1v) is 9.83. The first kappa shape index (κ1) is 18.3. The molecule has 0 spiro atoms. The fraction of sp³-hybridized carbons (Fsp3) is 0.143. The first-order chi connectivity index (χ1) is 12.6. The molecule has 0 radical (unpaired) electrons. The second-order valence-corrected chi connectivity index (χ2v) is 7.97. The molecule has 3 nitrogen and oxygen atoms in total. The topological polar surface area (TPSA) is 37.4 Å². The van der Waals surface area contributed by atoms with Gasteiger partial charge in [-0.2, -0.15) is 4.31 Å². The van der Waals surface area contributed by atoms with Crippen molar-refractivity contribution in [3.63, 3.8) is 0 Å². The van der Waals surface area contributed by atoms with Crippen molar-refractivity contribution in [3.05, 3.63) is 108 Å². The molecule has 3 rings (SSSR count). The predicted molar refractivity (Wildman–Crippen MR) is 101 cm³/mol. The Bertz CT molecular complexity index is 874. The SMILES string of the molecule is O=S(=O)(C(F)c1ccccc1)N(Cc1ccccc1)Cc1ccccc1. The van der Waals surface area contributed by atoms with E-state index in [1.165, 1.54) is 16.4 Å². The number of halogens is 1. The van der Waals surface area contributed by atoms with E-state index in [0.717, 1.165) is 11.1 Å². The molecule has 0 aromatic heterocycles. The maximum atomic E-state index is 14.9. The molecule has 1 atom stereocenters. The highest BCUT2D eigenvalue weighted by Crippen LogP contribution is 2.29. The highest BCUT2D eigenvalue weighted by Gasteiger charge is 2.33. The zero-order chi connectivity index (χ0) is 18.4. The van der Waals surface area contributed by atoms with Gasteiger partial charge in [0.05, 0.1) is 0 Å². The van der Waals surface area contributed by atoms with E-state index in [1.807, 2.05) is 60.7 Å². The normalized spacial score (nSPS) is 12.8. The maximum absolute atomic E-state index is 14.9. The number of hydrogen-bond acceptors (Lipinski definition) is 2. The smallest absolute Gasteiger partial charge is 0.223 e. The Hall–Kier alpha value is -2.50. The van der Waals surface area contributed by atoms with E-state index in [-0.39, 0.29) is 18.7 Å². The lowest BCUT2D eigenvalue weighted by Crippen LogP contribution is -2.33. The average Bonchev–Trinajstić information content (AvgIpc) is 2.69. The fourth-order valence-electron chi connectivity index (χ4n) is 2.72. The lowest BCUT2D eigenvalue weighted by atomic mass is 10.2. The van der Waals surface area contributed by atoms with Gasteiger partial charge in [-0.1, -0.05) is 91.0 Å². The van der Waals surface area contributed by atoms with Crippen LogP contribution >= 0.6 is 0 Å². The minimum atomic E-state index is -4.18. The van der Waals surface area contributed by atoms with Gasteiger partial charge < -0.3 is 0 Å². The van der Waals surface area contributed by atoms with Crippen molar-refractivity contribution >= 4 is 10.0 Å². The number of sulfonamides is 1. The summed E-state index contributed by atoms with van der Waals surface area (Å²) < 4.78 is 42.1. The molecule has 0 aliphatic rings. The van der Waals surface area contributed by atoms with Crippen molar-refractivity contribution in [1.82, 2.24) is 4.31 Å². The van der Waals surface area contributed by atoms with Gasteiger partial charge in [-0.05, 0) is 11.1 Å². The van der Waals surface area contributed by atoms with Crippen LogP contribution in [0.2, 0.25) is 0 Å². The van der Waals surface area contributed by atoms with Gasteiger partial charge >= 0.3 is 0 Å². The predicted octanol–water partition coefficient (Wildman–Crippen LogP) is 4.69. The zero-order valence-corrected chi connectivity index (χ0v) is 15.0. The highest BCUT2D eigenvalue weighted by molar-refractivity contribution is 7.89.